The van der Waals surface area contributed by atoms with Crippen molar-refractivity contribution in [1.29, 1.82) is 0 Å². The third-order valence-electron chi connectivity index (χ3n) is 4.91. The van der Waals surface area contributed by atoms with Crippen LogP contribution < -0.4 is 20.5 Å². The molecule has 0 atom stereocenters. The topological polar surface area (TPSA) is 115 Å². The monoisotopic (exact) mass is 401 g/mol. The molecule has 0 aliphatic rings. The lowest BCUT2D eigenvalue weighted by Gasteiger charge is -2.12. The quantitative estimate of drug-likeness (QED) is 0.412. The second-order valence-electron chi connectivity index (χ2n) is 6.70. The number of nitrogens with two attached hydrogens (primary N) is 1. The second-order valence-corrected chi connectivity index (χ2v) is 6.70. The minimum absolute atomic E-state index is 0.458. The molecule has 0 saturated carbocycles. The van der Waals surface area contributed by atoms with E-state index in [1.165, 1.54) is 0 Å². The lowest BCUT2D eigenvalue weighted by atomic mass is 10.1. The molecule has 150 valence electrons. The third-order valence-corrected chi connectivity index (χ3v) is 4.91. The Morgan fingerprint density at radius 1 is 1.07 bits per heavy atom. The van der Waals surface area contributed by atoms with Gasteiger partial charge in [-0.3, -0.25) is 5.10 Å². The summed E-state index contributed by atoms with van der Waals surface area (Å²) in [6.07, 6.45) is 5.54. The number of methoxy groups -OCH3 is 2. The number of nitrogens with one attached hydrogen (secondary N) is 2. The van der Waals surface area contributed by atoms with Gasteiger partial charge in [-0.1, -0.05) is 6.07 Å². The van der Waals surface area contributed by atoms with Crippen molar-refractivity contribution in [3.8, 4) is 22.8 Å². The smallest absolute Gasteiger partial charge is 0.180 e. The maximum atomic E-state index is 5.97. The van der Waals surface area contributed by atoms with Gasteiger partial charge in [0.15, 0.2) is 28.8 Å². The number of nitrogen functional groups attached to an aromatic ring is 1. The van der Waals surface area contributed by atoms with Gasteiger partial charge in [0.2, 0.25) is 0 Å². The molecule has 3 heterocycles. The van der Waals surface area contributed by atoms with Gasteiger partial charge in [-0.05, 0) is 24.3 Å². The van der Waals surface area contributed by atoms with Crippen molar-refractivity contribution in [3.05, 3.63) is 55.0 Å². The zero-order valence-electron chi connectivity index (χ0n) is 16.4. The predicted octanol–water partition coefficient (Wildman–Crippen LogP) is 3.62. The van der Waals surface area contributed by atoms with Crippen molar-refractivity contribution < 1.29 is 9.47 Å². The number of H-pyrrole nitrogens is 1. The van der Waals surface area contributed by atoms with E-state index < -0.39 is 0 Å². The summed E-state index contributed by atoms with van der Waals surface area (Å²) in [4.78, 5) is 9.25. The number of anilines is 3. The van der Waals surface area contributed by atoms with Gasteiger partial charge >= 0.3 is 0 Å². The highest BCUT2D eigenvalue weighted by molar-refractivity contribution is 5.92. The van der Waals surface area contributed by atoms with Crippen molar-refractivity contribution in [2.24, 2.45) is 0 Å². The molecule has 2 aromatic carbocycles. The summed E-state index contributed by atoms with van der Waals surface area (Å²) in [5.74, 6) is 2.35. The number of hydrogen-bond acceptors (Lipinski definition) is 7. The summed E-state index contributed by atoms with van der Waals surface area (Å²) in [5, 5.41) is 11.2. The van der Waals surface area contributed by atoms with E-state index in [9.17, 15) is 0 Å². The van der Waals surface area contributed by atoms with Crippen LogP contribution in [0.4, 0.5) is 17.3 Å². The molecule has 5 rings (SSSR count). The van der Waals surface area contributed by atoms with Crippen LogP contribution in [0.25, 0.3) is 27.8 Å². The number of nitrogens with zero attached hydrogens (tertiary/aromatic N) is 4. The standard InChI is InChI=1S/C21H19N7O2/c1-29-17-6-4-13(10-18(17)30-2)24-20-21-23-7-8-28(21)11-16(25-20)12-3-5-15-14(9-12)19(22)27-26-15/h3-11H,1-2H3,(H,24,25)(H3,22,26,27). The van der Waals surface area contributed by atoms with Crippen molar-refractivity contribution >= 4 is 33.9 Å². The normalized spacial score (nSPS) is 11.1. The van der Waals surface area contributed by atoms with Crippen molar-refractivity contribution in [1.82, 2.24) is 24.6 Å². The molecule has 9 nitrogen and oxygen atoms in total. The first-order chi connectivity index (χ1) is 14.7. The summed E-state index contributed by atoms with van der Waals surface area (Å²) in [6.45, 7) is 0. The average Bonchev–Trinajstić information content (AvgIpc) is 3.40. The maximum Gasteiger partial charge on any atom is 0.180 e. The summed E-state index contributed by atoms with van der Waals surface area (Å²) >= 11 is 0. The van der Waals surface area contributed by atoms with Crippen LogP contribution >= 0.6 is 0 Å². The van der Waals surface area contributed by atoms with Gasteiger partial charge in [0.25, 0.3) is 0 Å². The predicted molar refractivity (Wildman–Crippen MR) is 115 cm³/mol. The molecule has 0 aliphatic carbocycles. The van der Waals surface area contributed by atoms with Crippen LogP contribution in [-0.2, 0) is 0 Å². The number of aromatic nitrogens is 5. The Morgan fingerprint density at radius 3 is 2.77 bits per heavy atom. The Hall–Kier alpha value is -4.27. The first-order valence-corrected chi connectivity index (χ1v) is 9.23. The molecule has 0 radical (unpaired) electrons. The van der Waals surface area contributed by atoms with E-state index in [-0.39, 0.29) is 0 Å². The molecule has 0 saturated heterocycles. The molecular weight excluding hydrogens is 382 g/mol. The van der Waals surface area contributed by atoms with Crippen LogP contribution in [0.1, 0.15) is 0 Å². The van der Waals surface area contributed by atoms with Crippen LogP contribution in [-0.4, -0.2) is 38.8 Å². The van der Waals surface area contributed by atoms with Crippen LogP contribution in [0, 0.1) is 0 Å². The Morgan fingerprint density at radius 2 is 1.93 bits per heavy atom. The zero-order chi connectivity index (χ0) is 20.7. The number of ether oxygens (including phenoxy) is 2. The molecule has 0 unspecified atom stereocenters. The second kappa shape index (κ2) is 6.96. The summed E-state index contributed by atoms with van der Waals surface area (Å²) in [5.41, 5.74) is 10.0. The highest BCUT2D eigenvalue weighted by atomic mass is 16.5. The number of imidazole rings is 1. The Bertz CT molecular complexity index is 1370. The molecule has 0 aliphatic heterocycles. The van der Waals surface area contributed by atoms with Gasteiger partial charge in [-0.15, -0.1) is 0 Å². The molecule has 9 heteroatoms. The average molecular weight is 401 g/mol. The summed E-state index contributed by atoms with van der Waals surface area (Å²) < 4.78 is 12.6. The van der Waals surface area contributed by atoms with Crippen molar-refractivity contribution in [2.75, 3.05) is 25.3 Å². The number of hydrogen-bond donors (Lipinski definition) is 3. The van der Waals surface area contributed by atoms with Crippen molar-refractivity contribution in [3.63, 3.8) is 0 Å². The van der Waals surface area contributed by atoms with Crippen molar-refractivity contribution in [2.45, 2.75) is 0 Å². The zero-order valence-corrected chi connectivity index (χ0v) is 16.4. The van der Waals surface area contributed by atoms with E-state index >= 15 is 0 Å². The molecule has 0 bridgehead atoms. The van der Waals surface area contributed by atoms with E-state index in [1.54, 1.807) is 20.4 Å². The molecule has 5 aromatic rings. The number of fused-ring (bicyclic) bond motifs is 2. The van der Waals surface area contributed by atoms with Gasteiger partial charge in [0.1, 0.15) is 0 Å². The summed E-state index contributed by atoms with van der Waals surface area (Å²) in [7, 11) is 3.21. The van der Waals surface area contributed by atoms with E-state index in [0.29, 0.717) is 28.8 Å². The summed E-state index contributed by atoms with van der Waals surface area (Å²) in [6, 6.07) is 11.5. The SMILES string of the molecule is COc1ccc(Nc2nc(-c3ccc4[nH]nc(N)c4c3)cn3ccnc23)cc1OC. The number of rotatable bonds is 5. The molecule has 3 aromatic heterocycles. The fraction of sp³-hybridized carbons (Fsp3) is 0.0952. The van der Waals surface area contributed by atoms with Crippen LogP contribution in [0.15, 0.2) is 55.0 Å². The van der Waals surface area contributed by atoms with Crippen LogP contribution in [0.5, 0.6) is 11.5 Å². The molecule has 4 N–H and O–H groups in total. The lowest BCUT2D eigenvalue weighted by Crippen LogP contribution is -2.01. The Balaban J connectivity index is 1.60. The van der Waals surface area contributed by atoms with E-state index in [0.717, 1.165) is 27.8 Å². The van der Waals surface area contributed by atoms with Crippen LogP contribution in [0.2, 0.25) is 0 Å². The molecular formula is C21H19N7O2. The molecule has 30 heavy (non-hydrogen) atoms. The fourth-order valence-corrected chi connectivity index (χ4v) is 3.40. The Kier molecular flexibility index (Phi) is 4.13. The van der Waals surface area contributed by atoms with Gasteiger partial charge in [-0.25, -0.2) is 9.97 Å². The third kappa shape index (κ3) is 2.93. The molecule has 0 fully saturated rings. The molecule has 0 spiro atoms. The van der Waals surface area contributed by atoms with Crippen LogP contribution in [0.3, 0.4) is 0 Å². The highest BCUT2D eigenvalue weighted by Gasteiger charge is 2.13. The number of benzene rings is 2. The van der Waals surface area contributed by atoms with Gasteiger partial charge in [-0.2, -0.15) is 5.10 Å². The first-order valence-electron chi connectivity index (χ1n) is 9.23. The minimum atomic E-state index is 0.458. The molecule has 0 amide bonds. The first kappa shape index (κ1) is 17.8. The fourth-order valence-electron chi connectivity index (χ4n) is 3.40. The Labute approximate surface area is 171 Å². The maximum absolute atomic E-state index is 5.97. The van der Waals surface area contributed by atoms with Gasteiger partial charge in [0, 0.05) is 41.3 Å². The lowest BCUT2D eigenvalue weighted by molar-refractivity contribution is 0.355. The van der Waals surface area contributed by atoms with E-state index in [2.05, 4.69) is 20.5 Å². The van der Waals surface area contributed by atoms with E-state index in [4.69, 9.17) is 20.2 Å². The minimum Gasteiger partial charge on any atom is -0.493 e. The van der Waals surface area contributed by atoms with Gasteiger partial charge in [0.05, 0.1) is 25.4 Å². The number of aromatic amines is 1. The largest absolute Gasteiger partial charge is 0.493 e. The van der Waals surface area contributed by atoms with Gasteiger partial charge < -0.3 is 24.9 Å². The highest BCUT2D eigenvalue weighted by Crippen LogP contribution is 2.32. The van der Waals surface area contributed by atoms with E-state index in [1.807, 2.05) is 53.2 Å².